The summed E-state index contributed by atoms with van der Waals surface area (Å²) < 4.78 is 5.43. The maximum Gasteiger partial charge on any atom is 0.414 e. The average Bonchev–Trinajstić information content (AvgIpc) is 3.05. The molecule has 0 aliphatic carbocycles. The van der Waals surface area contributed by atoms with Gasteiger partial charge in [0.15, 0.2) is 5.82 Å². The molecule has 1 saturated heterocycles. The van der Waals surface area contributed by atoms with Gasteiger partial charge in [0.25, 0.3) is 0 Å². The summed E-state index contributed by atoms with van der Waals surface area (Å²) in [5.74, 6) is 1.41. The number of rotatable bonds is 5. The number of ether oxygens (including phenoxy) is 1. The number of aryl methyl sites for hydroxylation is 2. The first kappa shape index (κ1) is 15.8. The summed E-state index contributed by atoms with van der Waals surface area (Å²) in [4.78, 5) is 15.3. The van der Waals surface area contributed by atoms with Crippen molar-refractivity contribution < 1.29 is 9.53 Å². The number of carbonyl (C=O) groups excluding carboxylic acids is 1. The van der Waals surface area contributed by atoms with Gasteiger partial charge >= 0.3 is 6.09 Å². The van der Waals surface area contributed by atoms with Crippen LogP contribution in [0.4, 0.5) is 10.5 Å². The maximum absolute atomic E-state index is 12.1. The van der Waals surface area contributed by atoms with Gasteiger partial charge in [0.1, 0.15) is 12.6 Å². The summed E-state index contributed by atoms with van der Waals surface area (Å²) in [7, 11) is 0. The number of hydrogen-bond donors (Lipinski definition) is 0. The molecule has 2 aromatic rings. The van der Waals surface area contributed by atoms with Gasteiger partial charge in [-0.15, -0.1) is 10.2 Å². The van der Waals surface area contributed by atoms with E-state index in [9.17, 15) is 4.79 Å². The molecule has 1 aromatic carbocycles. The second-order valence-corrected chi connectivity index (χ2v) is 6.52. The Kier molecular flexibility index (Phi) is 4.51. The highest BCUT2D eigenvalue weighted by Crippen LogP contribution is 2.24. The minimum absolute atomic E-state index is 0.278. The van der Waals surface area contributed by atoms with Crippen molar-refractivity contribution in [1.29, 1.82) is 0 Å². The number of nitrogens with zero attached hydrogens (tertiary/aromatic N) is 5. The summed E-state index contributed by atoms with van der Waals surface area (Å²) in [5, 5.41) is 12.3. The molecule has 1 amide bonds. The molecule has 1 aliphatic heterocycles. The molecule has 0 N–H and O–H groups in total. The number of hydrogen-bond acceptors (Lipinski definition) is 6. The number of thioether (sulfide) groups is 1. The Bertz CT molecular complexity index is 697. The van der Waals surface area contributed by atoms with Gasteiger partial charge < -0.3 is 4.74 Å². The first-order valence-corrected chi connectivity index (χ1v) is 8.76. The van der Waals surface area contributed by atoms with E-state index in [1.54, 1.807) is 16.7 Å². The van der Waals surface area contributed by atoms with Gasteiger partial charge in [-0.1, -0.05) is 6.07 Å². The molecule has 8 heteroatoms. The SMILES string of the molecule is CSCc1nnn(CC2CN(c3cc(C)cc(C)c3)C(=O)O2)n1. The van der Waals surface area contributed by atoms with Gasteiger partial charge in [-0.05, 0) is 48.6 Å². The Hall–Kier alpha value is -2.09. The quantitative estimate of drug-likeness (QED) is 0.835. The number of aromatic nitrogens is 4. The highest BCUT2D eigenvalue weighted by molar-refractivity contribution is 7.97. The third-order valence-electron chi connectivity index (χ3n) is 3.53. The smallest absolute Gasteiger partial charge is 0.414 e. The van der Waals surface area contributed by atoms with Crippen molar-refractivity contribution in [3.05, 3.63) is 35.2 Å². The number of anilines is 1. The lowest BCUT2D eigenvalue weighted by molar-refractivity contribution is 0.126. The zero-order valence-electron chi connectivity index (χ0n) is 13.4. The topological polar surface area (TPSA) is 73.1 Å². The molecular formula is C15H19N5O2S. The van der Waals surface area contributed by atoms with Gasteiger partial charge in [-0.25, -0.2) is 4.79 Å². The molecular weight excluding hydrogens is 314 g/mol. The van der Waals surface area contributed by atoms with Gasteiger partial charge in [0.05, 0.1) is 12.3 Å². The monoisotopic (exact) mass is 333 g/mol. The number of tetrazole rings is 1. The third kappa shape index (κ3) is 3.64. The van der Waals surface area contributed by atoms with Crippen LogP contribution in [0.5, 0.6) is 0 Å². The first-order chi connectivity index (χ1) is 11.0. The molecule has 1 aliphatic rings. The fourth-order valence-corrected chi connectivity index (χ4v) is 3.03. The van der Waals surface area contributed by atoms with Gasteiger partial charge in [-0.3, -0.25) is 4.90 Å². The van der Waals surface area contributed by atoms with E-state index in [0.717, 1.165) is 22.6 Å². The van der Waals surface area contributed by atoms with Crippen LogP contribution in [0.1, 0.15) is 17.0 Å². The number of benzene rings is 1. The normalized spacial score (nSPS) is 17.6. The molecule has 0 bridgehead atoms. The van der Waals surface area contributed by atoms with E-state index in [1.165, 1.54) is 4.80 Å². The standard InChI is InChI=1S/C15H19N5O2S/c1-10-4-11(2)6-12(5-10)19-7-13(22-15(19)21)8-20-17-14(9-23-3)16-18-20/h4-6,13H,7-9H2,1-3H3. The zero-order valence-corrected chi connectivity index (χ0v) is 14.2. The predicted molar refractivity (Wildman–Crippen MR) is 88.6 cm³/mol. The van der Waals surface area contributed by atoms with E-state index < -0.39 is 0 Å². The van der Waals surface area contributed by atoms with E-state index in [0.29, 0.717) is 18.9 Å². The molecule has 0 saturated carbocycles. The fraction of sp³-hybridized carbons (Fsp3) is 0.467. The van der Waals surface area contributed by atoms with Crippen molar-refractivity contribution >= 4 is 23.5 Å². The Balaban J connectivity index is 1.69. The minimum Gasteiger partial charge on any atom is -0.442 e. The van der Waals surface area contributed by atoms with E-state index in [-0.39, 0.29) is 12.2 Å². The lowest BCUT2D eigenvalue weighted by Gasteiger charge is -2.14. The fourth-order valence-electron chi connectivity index (χ4n) is 2.66. The second-order valence-electron chi connectivity index (χ2n) is 5.66. The van der Waals surface area contributed by atoms with E-state index in [1.807, 2.05) is 32.2 Å². The van der Waals surface area contributed by atoms with E-state index in [4.69, 9.17) is 4.74 Å². The zero-order chi connectivity index (χ0) is 16.4. The van der Waals surface area contributed by atoms with Crippen LogP contribution in [-0.2, 0) is 17.0 Å². The van der Waals surface area contributed by atoms with Crippen LogP contribution in [0.2, 0.25) is 0 Å². The summed E-state index contributed by atoms with van der Waals surface area (Å²) in [6, 6.07) is 6.05. The van der Waals surface area contributed by atoms with Crippen LogP contribution in [-0.4, -0.2) is 45.2 Å². The number of amides is 1. The van der Waals surface area contributed by atoms with Crippen LogP contribution >= 0.6 is 11.8 Å². The summed E-state index contributed by atoms with van der Waals surface area (Å²) in [5.41, 5.74) is 3.11. The molecule has 7 nitrogen and oxygen atoms in total. The van der Waals surface area contributed by atoms with Crippen LogP contribution in [0, 0.1) is 13.8 Å². The third-order valence-corrected chi connectivity index (χ3v) is 4.07. The molecule has 2 heterocycles. The largest absolute Gasteiger partial charge is 0.442 e. The van der Waals surface area contributed by atoms with Crippen molar-refractivity contribution in [2.24, 2.45) is 0 Å². The molecule has 23 heavy (non-hydrogen) atoms. The molecule has 1 atom stereocenters. The molecule has 3 rings (SSSR count). The number of carbonyl (C=O) groups is 1. The van der Waals surface area contributed by atoms with Crippen LogP contribution in [0.3, 0.4) is 0 Å². The minimum atomic E-state index is -0.329. The molecule has 1 fully saturated rings. The number of cyclic esters (lactones) is 1. The van der Waals surface area contributed by atoms with Gasteiger partial charge in [0, 0.05) is 5.69 Å². The highest BCUT2D eigenvalue weighted by atomic mass is 32.2. The van der Waals surface area contributed by atoms with Crippen molar-refractivity contribution in [1.82, 2.24) is 20.2 Å². The van der Waals surface area contributed by atoms with E-state index >= 15 is 0 Å². The lowest BCUT2D eigenvalue weighted by Crippen LogP contribution is -2.26. The van der Waals surface area contributed by atoms with Crippen molar-refractivity contribution in [3.8, 4) is 0 Å². The predicted octanol–water partition coefficient (Wildman–Crippen LogP) is 2.18. The molecule has 122 valence electrons. The Morgan fingerprint density at radius 2 is 2.04 bits per heavy atom. The maximum atomic E-state index is 12.1. The lowest BCUT2D eigenvalue weighted by atomic mass is 10.1. The summed E-state index contributed by atoms with van der Waals surface area (Å²) in [6.45, 7) is 4.93. The summed E-state index contributed by atoms with van der Waals surface area (Å²) in [6.07, 6.45) is 1.38. The average molecular weight is 333 g/mol. The second kappa shape index (κ2) is 6.57. The Labute approximate surface area is 139 Å². The molecule has 0 radical (unpaired) electrons. The van der Waals surface area contributed by atoms with Gasteiger partial charge in [-0.2, -0.15) is 16.6 Å². The van der Waals surface area contributed by atoms with Crippen molar-refractivity contribution in [2.75, 3.05) is 17.7 Å². The van der Waals surface area contributed by atoms with Crippen LogP contribution < -0.4 is 4.90 Å². The highest BCUT2D eigenvalue weighted by Gasteiger charge is 2.33. The molecule has 1 aromatic heterocycles. The van der Waals surface area contributed by atoms with E-state index in [2.05, 4.69) is 21.5 Å². The van der Waals surface area contributed by atoms with Crippen molar-refractivity contribution in [2.45, 2.75) is 32.2 Å². The first-order valence-electron chi connectivity index (χ1n) is 7.37. The Morgan fingerprint density at radius 1 is 1.30 bits per heavy atom. The Morgan fingerprint density at radius 3 is 2.74 bits per heavy atom. The molecule has 1 unspecified atom stereocenters. The van der Waals surface area contributed by atoms with Gasteiger partial charge in [0.2, 0.25) is 0 Å². The van der Waals surface area contributed by atoms with Crippen molar-refractivity contribution in [3.63, 3.8) is 0 Å². The molecule has 0 spiro atoms. The summed E-state index contributed by atoms with van der Waals surface area (Å²) >= 11 is 1.64. The van der Waals surface area contributed by atoms with Crippen LogP contribution in [0.15, 0.2) is 18.2 Å². The van der Waals surface area contributed by atoms with Crippen LogP contribution in [0.25, 0.3) is 0 Å².